The average molecular weight is 254 g/mol. The molecule has 0 aliphatic carbocycles. The number of nitrogens with two attached hydrogens (primary N) is 1. The number of primary amides is 1. The van der Waals surface area contributed by atoms with Crippen molar-refractivity contribution in [2.24, 2.45) is 5.73 Å². The topological polar surface area (TPSA) is 46.3 Å². The van der Waals surface area contributed by atoms with E-state index in [4.69, 9.17) is 5.73 Å². The molecule has 1 amide bonds. The molecule has 0 aromatic rings. The van der Waals surface area contributed by atoms with Gasteiger partial charge in [0.1, 0.15) is 0 Å². The van der Waals surface area contributed by atoms with Crippen LogP contribution in [-0.4, -0.2) is 23.9 Å². The highest BCUT2D eigenvalue weighted by atomic mass is 16.1. The van der Waals surface area contributed by atoms with Gasteiger partial charge in [-0.15, -0.1) is 0 Å². The molecule has 0 saturated heterocycles. The van der Waals surface area contributed by atoms with Gasteiger partial charge in [0, 0.05) is 24.4 Å². The van der Waals surface area contributed by atoms with E-state index in [1.807, 2.05) is 6.92 Å². The largest absolute Gasteiger partial charge is 0.374 e. The molecule has 0 fully saturated rings. The van der Waals surface area contributed by atoms with Crippen LogP contribution in [0.25, 0.3) is 0 Å². The van der Waals surface area contributed by atoms with Gasteiger partial charge in [-0.1, -0.05) is 40.0 Å². The van der Waals surface area contributed by atoms with E-state index in [0.29, 0.717) is 0 Å². The van der Waals surface area contributed by atoms with Crippen molar-refractivity contribution in [1.29, 1.82) is 0 Å². The first-order chi connectivity index (χ1) is 8.58. The van der Waals surface area contributed by atoms with Crippen molar-refractivity contribution in [3.05, 3.63) is 11.3 Å². The number of hydrogen-bond donors (Lipinski definition) is 1. The van der Waals surface area contributed by atoms with Crippen molar-refractivity contribution in [1.82, 2.24) is 4.90 Å². The molecule has 0 saturated carbocycles. The predicted molar refractivity (Wildman–Crippen MR) is 78.2 cm³/mol. The van der Waals surface area contributed by atoms with Crippen molar-refractivity contribution in [3.8, 4) is 0 Å². The third kappa shape index (κ3) is 6.08. The Labute approximate surface area is 112 Å². The zero-order valence-electron chi connectivity index (χ0n) is 12.6. The summed E-state index contributed by atoms with van der Waals surface area (Å²) >= 11 is 0. The Morgan fingerprint density at radius 2 is 1.50 bits per heavy atom. The minimum absolute atomic E-state index is 0.281. The molecule has 0 spiro atoms. The van der Waals surface area contributed by atoms with Crippen LogP contribution in [0.2, 0.25) is 0 Å². The molecule has 0 aromatic heterocycles. The van der Waals surface area contributed by atoms with Gasteiger partial charge in [0.05, 0.1) is 0 Å². The second kappa shape index (κ2) is 9.98. The Balaban J connectivity index is 4.94. The van der Waals surface area contributed by atoms with Crippen molar-refractivity contribution in [2.45, 2.75) is 66.2 Å². The maximum atomic E-state index is 11.4. The van der Waals surface area contributed by atoms with Gasteiger partial charge in [-0.25, -0.2) is 0 Å². The molecular formula is C15H30N2O. The lowest BCUT2D eigenvalue weighted by molar-refractivity contribution is -0.114. The molecule has 3 nitrogen and oxygen atoms in total. The molecule has 0 atom stereocenters. The van der Waals surface area contributed by atoms with Crippen LogP contribution in [0.1, 0.15) is 66.2 Å². The van der Waals surface area contributed by atoms with Gasteiger partial charge in [-0.3, -0.25) is 4.79 Å². The molecule has 0 aliphatic heterocycles. The summed E-state index contributed by atoms with van der Waals surface area (Å²) in [4.78, 5) is 13.8. The Hall–Kier alpha value is -0.990. The van der Waals surface area contributed by atoms with Crippen LogP contribution < -0.4 is 5.73 Å². The first-order valence-corrected chi connectivity index (χ1v) is 7.32. The van der Waals surface area contributed by atoms with Gasteiger partial charge >= 0.3 is 0 Å². The number of carbonyl (C=O) groups is 1. The number of rotatable bonds is 10. The molecule has 0 aromatic carbocycles. The van der Waals surface area contributed by atoms with E-state index in [1.54, 1.807) is 0 Å². The van der Waals surface area contributed by atoms with Gasteiger partial charge in [-0.2, -0.15) is 0 Å². The highest BCUT2D eigenvalue weighted by Crippen LogP contribution is 2.18. The Kier molecular flexibility index (Phi) is 9.43. The fourth-order valence-corrected chi connectivity index (χ4v) is 2.04. The third-order valence-corrected chi connectivity index (χ3v) is 3.23. The number of allylic oxidation sites excluding steroid dienone is 1. The lowest BCUT2D eigenvalue weighted by Gasteiger charge is -2.29. The molecular weight excluding hydrogens is 224 g/mol. The van der Waals surface area contributed by atoms with E-state index >= 15 is 0 Å². The van der Waals surface area contributed by atoms with Crippen molar-refractivity contribution >= 4 is 5.91 Å². The summed E-state index contributed by atoms with van der Waals surface area (Å²) < 4.78 is 0. The fourth-order valence-electron chi connectivity index (χ4n) is 2.04. The molecule has 0 heterocycles. The molecule has 0 bridgehead atoms. The number of carbonyl (C=O) groups excluding carboxylic acids is 1. The second-order valence-corrected chi connectivity index (χ2v) is 4.88. The summed E-state index contributed by atoms with van der Waals surface area (Å²) in [5.74, 6) is -0.281. The minimum atomic E-state index is -0.281. The zero-order valence-corrected chi connectivity index (χ0v) is 12.6. The molecule has 0 unspecified atom stereocenters. The average Bonchev–Trinajstić information content (AvgIpc) is 2.36. The smallest absolute Gasteiger partial charge is 0.246 e. The highest BCUT2D eigenvalue weighted by molar-refractivity contribution is 5.91. The number of nitrogens with zero attached hydrogens (tertiary/aromatic N) is 1. The van der Waals surface area contributed by atoms with Gasteiger partial charge < -0.3 is 10.6 Å². The molecule has 106 valence electrons. The van der Waals surface area contributed by atoms with E-state index in [-0.39, 0.29) is 5.91 Å². The van der Waals surface area contributed by atoms with Gasteiger partial charge in [0.2, 0.25) is 5.91 Å². The number of amides is 1. The predicted octanol–water partition coefficient (Wildman–Crippen LogP) is 3.45. The second-order valence-electron chi connectivity index (χ2n) is 4.88. The van der Waals surface area contributed by atoms with Crippen LogP contribution in [-0.2, 0) is 4.79 Å². The monoisotopic (exact) mass is 254 g/mol. The number of unbranched alkanes of at least 4 members (excludes halogenated alkanes) is 2. The van der Waals surface area contributed by atoms with Crippen molar-refractivity contribution in [3.63, 3.8) is 0 Å². The van der Waals surface area contributed by atoms with Crippen LogP contribution in [0.3, 0.4) is 0 Å². The van der Waals surface area contributed by atoms with Crippen molar-refractivity contribution < 1.29 is 4.79 Å². The van der Waals surface area contributed by atoms with E-state index in [0.717, 1.165) is 37.2 Å². The highest BCUT2D eigenvalue weighted by Gasteiger charge is 2.14. The molecule has 0 aliphatic rings. The van der Waals surface area contributed by atoms with Crippen LogP contribution in [0, 0.1) is 0 Å². The van der Waals surface area contributed by atoms with Gasteiger partial charge in [0.25, 0.3) is 0 Å². The molecule has 18 heavy (non-hydrogen) atoms. The summed E-state index contributed by atoms with van der Waals surface area (Å²) in [7, 11) is 0. The standard InChI is InChI=1S/C15H30N2O/c1-5-8-11-17(12-9-6-2)14(10-7-3)13(4)15(16)18/h5-12H2,1-4H3,(H2,16,18)/b14-13+. The maximum absolute atomic E-state index is 11.4. The van der Waals surface area contributed by atoms with E-state index in [1.165, 1.54) is 25.7 Å². The SMILES string of the molecule is CCCCN(CCCC)/C(CCC)=C(\C)C(N)=O. The Bertz CT molecular complexity index is 264. The van der Waals surface area contributed by atoms with Crippen LogP contribution >= 0.6 is 0 Å². The fraction of sp³-hybridized carbons (Fsp3) is 0.800. The summed E-state index contributed by atoms with van der Waals surface area (Å²) in [5.41, 5.74) is 7.34. The van der Waals surface area contributed by atoms with Gasteiger partial charge in [0.15, 0.2) is 0 Å². The first kappa shape index (κ1) is 17.0. The number of hydrogen-bond acceptors (Lipinski definition) is 2. The zero-order chi connectivity index (χ0) is 14.0. The van der Waals surface area contributed by atoms with E-state index in [9.17, 15) is 4.79 Å². The Morgan fingerprint density at radius 1 is 1.00 bits per heavy atom. The van der Waals surface area contributed by atoms with E-state index < -0.39 is 0 Å². The summed E-state index contributed by atoms with van der Waals surface area (Å²) in [5, 5.41) is 0. The first-order valence-electron chi connectivity index (χ1n) is 7.32. The minimum Gasteiger partial charge on any atom is -0.374 e. The Morgan fingerprint density at radius 3 is 1.83 bits per heavy atom. The normalized spacial score (nSPS) is 12.2. The third-order valence-electron chi connectivity index (χ3n) is 3.23. The maximum Gasteiger partial charge on any atom is 0.246 e. The summed E-state index contributed by atoms with van der Waals surface area (Å²) in [6.45, 7) is 10.5. The molecule has 3 heteroatoms. The molecule has 0 rings (SSSR count). The lowest BCUT2D eigenvalue weighted by Crippen LogP contribution is -2.29. The van der Waals surface area contributed by atoms with Crippen LogP contribution in [0.5, 0.6) is 0 Å². The van der Waals surface area contributed by atoms with Gasteiger partial charge in [-0.05, 0) is 26.2 Å². The van der Waals surface area contributed by atoms with Crippen molar-refractivity contribution in [2.75, 3.05) is 13.1 Å². The van der Waals surface area contributed by atoms with Crippen LogP contribution in [0.15, 0.2) is 11.3 Å². The van der Waals surface area contributed by atoms with E-state index in [2.05, 4.69) is 25.7 Å². The molecule has 0 radical (unpaired) electrons. The molecule has 2 N–H and O–H groups in total. The summed E-state index contributed by atoms with van der Waals surface area (Å²) in [6, 6.07) is 0. The van der Waals surface area contributed by atoms with Crippen LogP contribution in [0.4, 0.5) is 0 Å². The summed E-state index contributed by atoms with van der Waals surface area (Å²) in [6.07, 6.45) is 6.69. The lowest BCUT2D eigenvalue weighted by atomic mass is 10.1. The quantitative estimate of drug-likeness (QED) is 0.607.